The minimum absolute atomic E-state index is 0.198. The molecule has 1 heterocycles. The van der Waals surface area contributed by atoms with Crippen molar-refractivity contribution in [3.63, 3.8) is 0 Å². The number of hydrogen-bond donors (Lipinski definition) is 3. The number of anilines is 1. The first-order chi connectivity index (χ1) is 13.9. The Bertz CT molecular complexity index is 1020. The maximum Gasteiger partial charge on any atom is 0.417 e. The molecule has 6 nitrogen and oxygen atoms in total. The van der Waals surface area contributed by atoms with E-state index in [-0.39, 0.29) is 10.7 Å². The van der Waals surface area contributed by atoms with Crippen LogP contribution in [0.5, 0.6) is 0 Å². The molecule has 0 bridgehead atoms. The predicted molar refractivity (Wildman–Crippen MR) is 112 cm³/mol. The number of nitrogens with zero attached hydrogens (tertiary/aromatic N) is 1. The van der Waals surface area contributed by atoms with E-state index in [1.165, 1.54) is 6.07 Å². The van der Waals surface area contributed by atoms with E-state index in [0.29, 0.717) is 35.1 Å². The van der Waals surface area contributed by atoms with E-state index in [1.807, 2.05) is 0 Å². The summed E-state index contributed by atoms with van der Waals surface area (Å²) < 4.78 is 38.1. The number of pyridine rings is 1. The number of aryl methyl sites for hydroxylation is 1. The fourth-order valence-corrected chi connectivity index (χ4v) is 3.13. The fraction of sp³-hybridized carbons (Fsp3) is 0.222. The van der Waals surface area contributed by atoms with E-state index in [1.54, 1.807) is 19.9 Å². The van der Waals surface area contributed by atoms with Gasteiger partial charge in [-0.25, -0.2) is 4.98 Å². The number of carbonyl (C=O) groups is 2. The monoisotopic (exact) mass is 478 g/mol. The van der Waals surface area contributed by atoms with Crippen molar-refractivity contribution in [1.29, 1.82) is 0 Å². The average Bonchev–Trinajstić information content (AvgIpc) is 2.62. The van der Waals surface area contributed by atoms with Crippen molar-refractivity contribution in [2.45, 2.75) is 20.0 Å². The molecule has 0 aliphatic rings. The summed E-state index contributed by atoms with van der Waals surface area (Å²) in [6.45, 7) is 3.80. The van der Waals surface area contributed by atoms with E-state index < -0.39 is 34.3 Å². The summed E-state index contributed by atoms with van der Waals surface area (Å²) in [6, 6.07) is 3.61. The molecule has 0 unspecified atom stereocenters. The summed E-state index contributed by atoms with van der Waals surface area (Å²) in [5.74, 6) is -1.33. The van der Waals surface area contributed by atoms with Crippen molar-refractivity contribution >= 4 is 58.0 Å². The maximum absolute atomic E-state index is 12.7. The molecule has 0 saturated heterocycles. The Balaban J connectivity index is 2.22. The Hall–Kier alpha value is -2.43. The van der Waals surface area contributed by atoms with Gasteiger partial charge >= 0.3 is 6.18 Å². The van der Waals surface area contributed by atoms with Gasteiger partial charge in [-0.3, -0.25) is 14.9 Å². The Morgan fingerprint density at radius 2 is 1.83 bits per heavy atom. The number of halogens is 5. The van der Waals surface area contributed by atoms with Gasteiger partial charge in [0, 0.05) is 17.8 Å². The summed E-state index contributed by atoms with van der Waals surface area (Å²) >= 11 is 16.9. The van der Waals surface area contributed by atoms with Crippen LogP contribution < -0.4 is 16.0 Å². The van der Waals surface area contributed by atoms with Crippen LogP contribution in [0.25, 0.3) is 0 Å². The van der Waals surface area contributed by atoms with Gasteiger partial charge in [0.2, 0.25) is 0 Å². The van der Waals surface area contributed by atoms with Crippen LogP contribution in [0.2, 0.25) is 10.0 Å². The van der Waals surface area contributed by atoms with E-state index in [9.17, 15) is 22.8 Å². The van der Waals surface area contributed by atoms with Gasteiger partial charge in [-0.1, -0.05) is 23.2 Å². The number of thiocarbonyl (C=S) groups is 1. The Kier molecular flexibility index (Phi) is 7.62. The minimum atomic E-state index is -4.65. The second kappa shape index (κ2) is 9.59. The summed E-state index contributed by atoms with van der Waals surface area (Å²) in [7, 11) is 0. The van der Waals surface area contributed by atoms with Crippen LogP contribution in [0, 0.1) is 6.92 Å². The second-order valence-corrected chi connectivity index (χ2v) is 7.22. The van der Waals surface area contributed by atoms with E-state index >= 15 is 0 Å². The molecule has 0 radical (unpaired) electrons. The molecule has 0 fully saturated rings. The van der Waals surface area contributed by atoms with E-state index in [2.05, 4.69) is 20.9 Å². The molecule has 0 spiro atoms. The fourth-order valence-electron chi connectivity index (χ4n) is 2.41. The minimum Gasteiger partial charge on any atom is -0.352 e. The molecule has 160 valence electrons. The molecular formula is C18H15Cl2F3N4O2S. The third kappa shape index (κ3) is 5.80. The number of aromatic nitrogens is 1. The second-order valence-electron chi connectivity index (χ2n) is 5.97. The molecule has 12 heteroatoms. The quantitative estimate of drug-likeness (QED) is 0.559. The van der Waals surface area contributed by atoms with Gasteiger partial charge in [0.15, 0.2) is 5.11 Å². The number of benzene rings is 1. The molecule has 2 aromatic rings. The molecule has 1 aromatic carbocycles. The van der Waals surface area contributed by atoms with Gasteiger partial charge in [0.25, 0.3) is 11.8 Å². The smallest absolute Gasteiger partial charge is 0.352 e. The van der Waals surface area contributed by atoms with Crippen molar-refractivity contribution in [1.82, 2.24) is 15.6 Å². The molecule has 0 aliphatic carbocycles. The zero-order valence-electron chi connectivity index (χ0n) is 15.6. The third-order valence-electron chi connectivity index (χ3n) is 3.73. The van der Waals surface area contributed by atoms with Crippen molar-refractivity contribution in [2.75, 3.05) is 11.9 Å². The molecule has 2 amide bonds. The van der Waals surface area contributed by atoms with Gasteiger partial charge in [0.05, 0.1) is 21.8 Å². The molecule has 30 heavy (non-hydrogen) atoms. The summed E-state index contributed by atoms with van der Waals surface area (Å²) in [6.07, 6.45) is -4.15. The molecule has 0 atom stereocenters. The van der Waals surface area contributed by atoms with Crippen molar-refractivity contribution in [3.05, 3.63) is 56.8 Å². The lowest BCUT2D eigenvalue weighted by molar-refractivity contribution is -0.137. The average molecular weight is 479 g/mol. The lowest BCUT2D eigenvalue weighted by Gasteiger charge is -2.16. The number of alkyl halides is 3. The van der Waals surface area contributed by atoms with Crippen molar-refractivity contribution < 1.29 is 22.8 Å². The normalized spacial score (nSPS) is 11.0. The Morgan fingerprint density at radius 3 is 2.40 bits per heavy atom. The molecule has 0 saturated carbocycles. The molecule has 3 N–H and O–H groups in total. The van der Waals surface area contributed by atoms with Gasteiger partial charge in [-0.15, -0.1) is 0 Å². The van der Waals surface area contributed by atoms with Gasteiger partial charge in [0.1, 0.15) is 5.69 Å². The number of amides is 2. The third-order valence-corrected chi connectivity index (χ3v) is 4.44. The predicted octanol–water partition coefficient (Wildman–Crippen LogP) is 4.59. The number of nitrogens with one attached hydrogen (secondary N) is 3. The summed E-state index contributed by atoms with van der Waals surface area (Å²) in [5.41, 5.74) is -0.448. The van der Waals surface area contributed by atoms with Crippen LogP contribution in [0.15, 0.2) is 24.4 Å². The highest BCUT2D eigenvalue weighted by molar-refractivity contribution is 7.80. The molecule has 1 aromatic heterocycles. The van der Waals surface area contributed by atoms with Crippen LogP contribution in [0.1, 0.15) is 38.9 Å². The van der Waals surface area contributed by atoms with E-state index in [4.69, 9.17) is 35.4 Å². The Morgan fingerprint density at radius 1 is 1.17 bits per heavy atom. The van der Waals surface area contributed by atoms with Crippen LogP contribution in [0.4, 0.5) is 18.9 Å². The molecular weight excluding hydrogens is 464 g/mol. The standard InChI is InChI=1S/C18H15Cl2F3N4O2S/c1-3-24-15(28)11-6-10(19)4-8(2)13(11)26-17(30)27-16(29)14-12(20)5-9(7-25-14)18(21,22)23/h4-7H,3H2,1-2H3,(H,24,28)(H2,26,27,29,30). The van der Waals surface area contributed by atoms with Gasteiger partial charge < -0.3 is 10.6 Å². The first kappa shape index (κ1) is 23.8. The zero-order chi connectivity index (χ0) is 22.6. The highest BCUT2D eigenvalue weighted by atomic mass is 35.5. The zero-order valence-corrected chi connectivity index (χ0v) is 17.9. The van der Waals surface area contributed by atoms with E-state index in [0.717, 1.165) is 0 Å². The first-order valence-corrected chi connectivity index (χ1v) is 9.53. The van der Waals surface area contributed by atoms with Crippen molar-refractivity contribution in [2.24, 2.45) is 0 Å². The SMILES string of the molecule is CCNC(=O)c1cc(Cl)cc(C)c1NC(=S)NC(=O)c1ncc(C(F)(F)F)cc1Cl. The summed E-state index contributed by atoms with van der Waals surface area (Å²) in [4.78, 5) is 28.1. The number of rotatable bonds is 4. The van der Waals surface area contributed by atoms with Crippen LogP contribution in [-0.2, 0) is 6.18 Å². The Labute approximate surface area is 185 Å². The number of carbonyl (C=O) groups excluding carboxylic acids is 2. The van der Waals surface area contributed by atoms with Gasteiger partial charge in [-0.05, 0) is 49.8 Å². The lowest BCUT2D eigenvalue weighted by Crippen LogP contribution is -2.36. The van der Waals surface area contributed by atoms with Crippen LogP contribution >= 0.6 is 35.4 Å². The van der Waals surface area contributed by atoms with Crippen LogP contribution in [0.3, 0.4) is 0 Å². The highest BCUT2D eigenvalue weighted by Gasteiger charge is 2.32. The summed E-state index contributed by atoms with van der Waals surface area (Å²) in [5, 5.41) is 7.26. The largest absolute Gasteiger partial charge is 0.417 e. The van der Waals surface area contributed by atoms with Gasteiger partial charge in [-0.2, -0.15) is 13.2 Å². The molecule has 2 rings (SSSR count). The maximum atomic E-state index is 12.7. The highest BCUT2D eigenvalue weighted by Crippen LogP contribution is 2.31. The topological polar surface area (TPSA) is 83.1 Å². The number of hydrogen-bond acceptors (Lipinski definition) is 4. The molecule has 0 aliphatic heterocycles. The van der Waals surface area contributed by atoms with Crippen LogP contribution in [-0.4, -0.2) is 28.5 Å². The van der Waals surface area contributed by atoms with Crippen molar-refractivity contribution in [3.8, 4) is 0 Å². The lowest BCUT2D eigenvalue weighted by atomic mass is 10.1. The first-order valence-electron chi connectivity index (χ1n) is 8.37.